The molecule has 0 bridgehead atoms. The molecule has 0 radical (unpaired) electrons. The van der Waals surface area contributed by atoms with E-state index in [0.29, 0.717) is 33.7 Å². The zero-order valence-corrected chi connectivity index (χ0v) is 24.9. The van der Waals surface area contributed by atoms with Crippen molar-refractivity contribution in [1.29, 1.82) is 0 Å². The second-order valence-corrected chi connectivity index (χ2v) is 12.7. The quantitative estimate of drug-likeness (QED) is 0.211. The molecule has 12 heteroatoms. The molecule has 2 aliphatic rings. The van der Waals surface area contributed by atoms with Crippen LogP contribution in [0.3, 0.4) is 0 Å². The van der Waals surface area contributed by atoms with E-state index in [9.17, 15) is 23.9 Å². The molecule has 11 nitrogen and oxygen atoms in total. The normalized spacial score (nSPS) is 20.7. The van der Waals surface area contributed by atoms with E-state index in [0.717, 1.165) is 25.7 Å². The Bertz CT molecular complexity index is 1820. The van der Waals surface area contributed by atoms with Gasteiger partial charge in [0.05, 0.1) is 46.3 Å². The molecular weight excluding hydrogens is 581 g/mol. The summed E-state index contributed by atoms with van der Waals surface area (Å²) in [5, 5.41) is 17.3. The number of nitrogens with two attached hydrogens (primary N) is 2. The summed E-state index contributed by atoms with van der Waals surface area (Å²) in [5.74, 6) is -1.60. The van der Waals surface area contributed by atoms with E-state index in [4.69, 9.17) is 20.9 Å². The number of nitrogens with one attached hydrogen (secondary N) is 1. The highest BCUT2D eigenvalue weighted by Crippen LogP contribution is 2.57. The minimum atomic E-state index is -0.973. The first-order valence-electron chi connectivity index (χ1n) is 14.6. The van der Waals surface area contributed by atoms with Crippen LogP contribution < -0.4 is 26.3 Å². The highest BCUT2D eigenvalue weighted by atomic mass is 19.1. The number of fused-ring (bicyclic) bond motifs is 1. The number of primary amides is 2. The second-order valence-electron chi connectivity index (χ2n) is 12.7. The van der Waals surface area contributed by atoms with Crippen molar-refractivity contribution in [2.24, 2.45) is 16.9 Å². The second kappa shape index (κ2) is 11.2. The first-order chi connectivity index (χ1) is 21.3. The number of nitrogens with zero attached hydrogens (tertiary/aromatic N) is 2. The van der Waals surface area contributed by atoms with Gasteiger partial charge in [-0.1, -0.05) is 12.1 Å². The molecule has 6 rings (SSSR count). The lowest BCUT2D eigenvalue weighted by molar-refractivity contribution is -0.0834. The van der Waals surface area contributed by atoms with Crippen LogP contribution in [0.5, 0.6) is 11.5 Å². The summed E-state index contributed by atoms with van der Waals surface area (Å²) in [6.45, 7) is 3.43. The maximum absolute atomic E-state index is 14.4. The Morgan fingerprint density at radius 1 is 1.00 bits per heavy atom. The lowest BCUT2D eigenvalue weighted by atomic mass is 9.53. The van der Waals surface area contributed by atoms with Crippen molar-refractivity contribution >= 4 is 23.2 Å². The molecule has 2 saturated carbocycles. The largest absolute Gasteiger partial charge is 0.490 e. The number of carbonyl (C=O) groups excluding carboxylic acids is 3. The number of aromatic nitrogens is 2. The van der Waals surface area contributed by atoms with E-state index in [-0.39, 0.29) is 41.2 Å². The van der Waals surface area contributed by atoms with E-state index < -0.39 is 23.2 Å². The lowest BCUT2D eigenvalue weighted by Crippen LogP contribution is -2.58. The van der Waals surface area contributed by atoms with Crippen molar-refractivity contribution in [3.8, 4) is 22.6 Å². The van der Waals surface area contributed by atoms with Crippen molar-refractivity contribution in [3.63, 3.8) is 0 Å². The number of hydrogen-bond donors (Lipinski definition) is 4. The van der Waals surface area contributed by atoms with Gasteiger partial charge in [0, 0.05) is 6.04 Å². The average Bonchev–Trinajstić information content (AvgIpc) is 3.36. The molecule has 4 aromatic rings. The highest BCUT2D eigenvalue weighted by Gasteiger charge is 2.54. The van der Waals surface area contributed by atoms with Crippen LogP contribution in [0, 0.1) is 11.2 Å². The Kier molecular flexibility index (Phi) is 7.48. The van der Waals surface area contributed by atoms with Crippen LogP contribution in [-0.4, -0.2) is 56.8 Å². The third-order valence-electron chi connectivity index (χ3n) is 8.45. The summed E-state index contributed by atoms with van der Waals surface area (Å²) in [5.41, 5.74) is 12.1. The van der Waals surface area contributed by atoms with Crippen molar-refractivity contribution in [3.05, 3.63) is 83.4 Å². The number of rotatable bonds is 10. The van der Waals surface area contributed by atoms with E-state index in [1.54, 1.807) is 61.0 Å². The van der Waals surface area contributed by atoms with Crippen molar-refractivity contribution in [1.82, 2.24) is 14.9 Å². The van der Waals surface area contributed by atoms with Crippen LogP contribution >= 0.6 is 0 Å². The van der Waals surface area contributed by atoms with Gasteiger partial charge in [-0.05, 0) is 92.5 Å². The third kappa shape index (κ3) is 6.18. The molecule has 0 saturated heterocycles. The summed E-state index contributed by atoms with van der Waals surface area (Å²) in [6, 6.07) is 12.5. The number of aliphatic hydroxyl groups is 1. The summed E-state index contributed by atoms with van der Waals surface area (Å²) < 4.78 is 27.8. The average molecular weight is 616 g/mol. The predicted molar refractivity (Wildman–Crippen MR) is 162 cm³/mol. The molecule has 0 unspecified atom stereocenters. The van der Waals surface area contributed by atoms with Crippen molar-refractivity contribution < 1.29 is 33.4 Å². The van der Waals surface area contributed by atoms with Gasteiger partial charge in [-0.15, -0.1) is 0 Å². The van der Waals surface area contributed by atoms with Crippen molar-refractivity contribution in [2.45, 2.75) is 57.3 Å². The lowest BCUT2D eigenvalue weighted by Gasteiger charge is -2.57. The van der Waals surface area contributed by atoms with Gasteiger partial charge in [-0.25, -0.2) is 8.91 Å². The Morgan fingerprint density at radius 2 is 1.67 bits per heavy atom. The fraction of sp³-hybridized carbons (Fsp3) is 0.333. The summed E-state index contributed by atoms with van der Waals surface area (Å²) in [7, 11) is 0. The fourth-order valence-corrected chi connectivity index (χ4v) is 6.24. The van der Waals surface area contributed by atoms with E-state index >= 15 is 0 Å². The zero-order chi connectivity index (χ0) is 32.1. The van der Waals surface area contributed by atoms with Crippen LogP contribution in [0.2, 0.25) is 0 Å². The summed E-state index contributed by atoms with van der Waals surface area (Å²) in [4.78, 5) is 36.6. The van der Waals surface area contributed by atoms with E-state index in [1.165, 1.54) is 18.3 Å². The molecule has 6 N–H and O–H groups in total. The van der Waals surface area contributed by atoms with Crippen LogP contribution in [0.15, 0.2) is 60.9 Å². The molecule has 2 heterocycles. The number of ether oxygens (including phenoxy) is 2. The SMILES string of the molecule is CC(C)(O)COc1ccc2c(C(=O)NC3CC4(C3)CC(Oc3cc(-c5ccc(C(N)=O)c(F)c5)ccc3C(N)=O)C4)cnn2c1. The number of amides is 3. The standard InChI is InChI=1S/C33H34FN5O6/c1-32(2,43)17-44-21-5-8-27-25(15-37-39(27)16-21)31(42)38-20-11-33(12-20)13-22(14-33)45-28-10-19(4-7-24(28)30(36)41)18-3-6-23(29(35)40)26(34)9-18/h3-10,15-16,20,22,43H,11-14,17H2,1-2H3,(H2,35,40)(H2,36,41)(H,38,42). The molecule has 234 valence electrons. The van der Waals surface area contributed by atoms with Crippen LogP contribution in [0.25, 0.3) is 16.6 Å². The van der Waals surface area contributed by atoms with E-state index in [2.05, 4.69) is 10.4 Å². The Balaban J connectivity index is 1.05. The van der Waals surface area contributed by atoms with Crippen LogP contribution in [-0.2, 0) is 0 Å². The smallest absolute Gasteiger partial charge is 0.255 e. The molecule has 1 spiro atoms. The monoisotopic (exact) mass is 615 g/mol. The molecule has 0 atom stereocenters. The Labute approximate surface area is 258 Å². The molecule has 45 heavy (non-hydrogen) atoms. The molecule has 0 aliphatic heterocycles. The maximum atomic E-state index is 14.4. The third-order valence-corrected chi connectivity index (χ3v) is 8.45. The molecule has 3 amide bonds. The number of carbonyl (C=O) groups is 3. The van der Waals surface area contributed by atoms with Gasteiger partial charge < -0.3 is 31.4 Å². The number of hydrogen-bond acceptors (Lipinski definition) is 7. The highest BCUT2D eigenvalue weighted by molar-refractivity contribution is 6.01. The van der Waals surface area contributed by atoms with Crippen LogP contribution in [0.1, 0.15) is 70.6 Å². The van der Waals surface area contributed by atoms with Crippen LogP contribution in [0.4, 0.5) is 4.39 Å². The maximum Gasteiger partial charge on any atom is 0.255 e. The topological polar surface area (TPSA) is 171 Å². The molecule has 2 aromatic carbocycles. The number of halogens is 1. The molecule has 2 fully saturated rings. The minimum Gasteiger partial charge on any atom is -0.490 e. The molecular formula is C33H34FN5O6. The first kappa shape index (κ1) is 30.1. The first-order valence-corrected chi connectivity index (χ1v) is 14.6. The van der Waals surface area contributed by atoms with Crippen molar-refractivity contribution in [2.75, 3.05) is 6.61 Å². The summed E-state index contributed by atoms with van der Waals surface area (Å²) in [6.07, 6.45) is 6.18. The summed E-state index contributed by atoms with van der Waals surface area (Å²) >= 11 is 0. The predicted octanol–water partition coefficient (Wildman–Crippen LogP) is 3.61. The molecule has 2 aromatic heterocycles. The van der Waals surface area contributed by atoms with E-state index in [1.807, 2.05) is 0 Å². The van der Waals surface area contributed by atoms with Gasteiger partial charge in [0.25, 0.3) is 17.7 Å². The minimum absolute atomic E-state index is 0.0190. The van der Waals surface area contributed by atoms with Gasteiger partial charge in [0.2, 0.25) is 0 Å². The Morgan fingerprint density at radius 3 is 2.31 bits per heavy atom. The number of pyridine rings is 1. The molecule has 2 aliphatic carbocycles. The Hall–Kier alpha value is -4.97. The zero-order valence-electron chi connectivity index (χ0n) is 24.9. The van der Waals surface area contributed by atoms with Gasteiger partial charge in [-0.2, -0.15) is 5.10 Å². The fourth-order valence-electron chi connectivity index (χ4n) is 6.24. The number of benzene rings is 2. The van der Waals surface area contributed by atoms with Gasteiger partial charge in [-0.3, -0.25) is 14.4 Å². The van der Waals surface area contributed by atoms with Gasteiger partial charge in [0.15, 0.2) is 0 Å². The van der Waals surface area contributed by atoms with Gasteiger partial charge in [0.1, 0.15) is 23.9 Å². The van der Waals surface area contributed by atoms with Gasteiger partial charge >= 0.3 is 0 Å².